The first kappa shape index (κ1) is 28.5. The second kappa shape index (κ2) is 12.1. The number of fused-ring (bicyclic) bond motifs is 1. The van der Waals surface area contributed by atoms with Gasteiger partial charge in [0.2, 0.25) is 11.8 Å². The van der Waals surface area contributed by atoms with E-state index >= 15 is 0 Å². The Hall–Kier alpha value is -4.47. The first-order chi connectivity index (χ1) is 19.2. The molecule has 10 heteroatoms. The molecule has 9 nitrogen and oxygen atoms in total. The van der Waals surface area contributed by atoms with Gasteiger partial charge in [-0.3, -0.25) is 9.59 Å². The summed E-state index contributed by atoms with van der Waals surface area (Å²) >= 11 is 0. The molecule has 40 heavy (non-hydrogen) atoms. The van der Waals surface area contributed by atoms with Crippen LogP contribution in [-0.4, -0.2) is 51.5 Å². The standard InChI is InChI=1S/C30H34FN5O4/c1-6-30(2,3)32-29(38)28(22-16-15-21(39-4)17-26(22)40-5)35(18-20-11-7-8-12-23(20)31)27(37)19-36-25-14-10-9-13-24(25)33-34-36/h7-17,28H,6,18-19H2,1-5H3,(H,32,38). The highest BCUT2D eigenvalue weighted by Crippen LogP contribution is 2.35. The molecule has 0 fully saturated rings. The van der Waals surface area contributed by atoms with Crippen molar-refractivity contribution in [1.82, 2.24) is 25.2 Å². The summed E-state index contributed by atoms with van der Waals surface area (Å²) < 4.78 is 27.4. The second-order valence-electron chi connectivity index (χ2n) is 10.1. The summed E-state index contributed by atoms with van der Waals surface area (Å²) in [6, 6.07) is 17.3. The largest absolute Gasteiger partial charge is 0.497 e. The number of hydrogen-bond acceptors (Lipinski definition) is 6. The van der Waals surface area contributed by atoms with Gasteiger partial charge in [-0.2, -0.15) is 0 Å². The van der Waals surface area contributed by atoms with Crippen molar-refractivity contribution in [3.63, 3.8) is 0 Å². The Kier molecular flexibility index (Phi) is 8.67. The molecule has 0 aliphatic heterocycles. The van der Waals surface area contributed by atoms with Crippen LogP contribution in [0, 0.1) is 5.82 Å². The number of halogens is 1. The molecule has 1 atom stereocenters. The van der Waals surface area contributed by atoms with E-state index in [4.69, 9.17) is 9.47 Å². The van der Waals surface area contributed by atoms with E-state index in [2.05, 4.69) is 15.6 Å². The Morgan fingerprint density at radius 1 is 1.05 bits per heavy atom. The smallest absolute Gasteiger partial charge is 0.248 e. The predicted octanol–water partition coefficient (Wildman–Crippen LogP) is 4.66. The third kappa shape index (κ3) is 6.22. The molecule has 1 unspecified atom stereocenters. The van der Waals surface area contributed by atoms with Gasteiger partial charge in [-0.05, 0) is 50.6 Å². The van der Waals surface area contributed by atoms with Crippen LogP contribution < -0.4 is 14.8 Å². The Labute approximate surface area is 232 Å². The van der Waals surface area contributed by atoms with Crippen LogP contribution in [0.5, 0.6) is 11.5 Å². The monoisotopic (exact) mass is 547 g/mol. The molecule has 4 rings (SSSR count). The van der Waals surface area contributed by atoms with Gasteiger partial charge in [0.05, 0.1) is 19.7 Å². The van der Waals surface area contributed by atoms with Crippen LogP contribution in [0.15, 0.2) is 66.7 Å². The Morgan fingerprint density at radius 3 is 2.48 bits per heavy atom. The SMILES string of the molecule is CCC(C)(C)NC(=O)C(c1ccc(OC)cc1OC)N(Cc1ccccc1F)C(=O)Cn1nnc2ccccc21. The minimum atomic E-state index is -1.16. The molecule has 0 radical (unpaired) electrons. The number of carbonyl (C=O) groups excluding carboxylic acids is 2. The molecule has 1 aromatic heterocycles. The van der Waals surface area contributed by atoms with E-state index < -0.39 is 29.2 Å². The maximum absolute atomic E-state index is 14.9. The molecular weight excluding hydrogens is 513 g/mol. The number of aromatic nitrogens is 3. The first-order valence-electron chi connectivity index (χ1n) is 13.0. The van der Waals surface area contributed by atoms with Gasteiger partial charge >= 0.3 is 0 Å². The lowest BCUT2D eigenvalue weighted by atomic mass is 9.97. The number of methoxy groups -OCH3 is 2. The average Bonchev–Trinajstić information content (AvgIpc) is 3.36. The number of nitrogens with zero attached hydrogens (tertiary/aromatic N) is 4. The van der Waals surface area contributed by atoms with Crippen LogP contribution in [0.4, 0.5) is 4.39 Å². The maximum Gasteiger partial charge on any atom is 0.248 e. The molecule has 0 aliphatic rings. The van der Waals surface area contributed by atoms with E-state index in [-0.39, 0.29) is 18.7 Å². The summed E-state index contributed by atoms with van der Waals surface area (Å²) in [5.41, 5.74) is 1.42. The van der Waals surface area contributed by atoms with Gasteiger partial charge in [0.1, 0.15) is 35.4 Å². The molecule has 4 aromatic rings. The van der Waals surface area contributed by atoms with Gasteiger partial charge in [-0.1, -0.05) is 42.5 Å². The van der Waals surface area contributed by atoms with Gasteiger partial charge < -0.3 is 19.7 Å². The van der Waals surface area contributed by atoms with Crippen LogP contribution in [0.1, 0.15) is 44.4 Å². The lowest BCUT2D eigenvalue weighted by Gasteiger charge is -2.35. The van der Waals surface area contributed by atoms with Crippen molar-refractivity contribution in [3.8, 4) is 11.5 Å². The predicted molar refractivity (Wildman–Crippen MR) is 149 cm³/mol. The normalized spacial score (nSPS) is 12.2. The highest BCUT2D eigenvalue weighted by molar-refractivity contribution is 5.90. The van der Waals surface area contributed by atoms with Crippen LogP contribution in [0.25, 0.3) is 11.0 Å². The number of ether oxygens (including phenoxy) is 2. The van der Waals surface area contributed by atoms with E-state index in [1.165, 1.54) is 29.9 Å². The number of rotatable bonds is 11. The molecule has 1 N–H and O–H groups in total. The van der Waals surface area contributed by atoms with E-state index in [1.54, 1.807) is 42.5 Å². The van der Waals surface area contributed by atoms with Crippen molar-refractivity contribution < 1.29 is 23.5 Å². The van der Waals surface area contributed by atoms with Crippen molar-refractivity contribution in [3.05, 3.63) is 83.7 Å². The zero-order valence-corrected chi connectivity index (χ0v) is 23.3. The molecule has 0 bridgehead atoms. The molecule has 2 amide bonds. The average molecular weight is 548 g/mol. The number of amides is 2. The zero-order valence-electron chi connectivity index (χ0n) is 23.3. The summed E-state index contributed by atoms with van der Waals surface area (Å²) in [6.45, 7) is 5.38. The fraction of sp³-hybridized carbons (Fsp3) is 0.333. The molecule has 0 saturated carbocycles. The Morgan fingerprint density at radius 2 is 1.77 bits per heavy atom. The van der Waals surface area contributed by atoms with Crippen LogP contribution in [0.3, 0.4) is 0 Å². The fourth-order valence-electron chi connectivity index (χ4n) is 4.37. The lowest BCUT2D eigenvalue weighted by molar-refractivity contribution is -0.143. The van der Waals surface area contributed by atoms with Gasteiger partial charge in [-0.25, -0.2) is 9.07 Å². The molecule has 210 valence electrons. The summed E-state index contributed by atoms with van der Waals surface area (Å²) in [4.78, 5) is 29.5. The Balaban J connectivity index is 1.85. The summed E-state index contributed by atoms with van der Waals surface area (Å²) in [7, 11) is 3.01. The highest BCUT2D eigenvalue weighted by atomic mass is 19.1. The number of nitrogens with one attached hydrogen (secondary N) is 1. The topological polar surface area (TPSA) is 98.6 Å². The summed E-state index contributed by atoms with van der Waals surface area (Å²) in [6.07, 6.45) is 0.650. The number of carbonyl (C=O) groups is 2. The molecule has 0 spiro atoms. The van der Waals surface area contributed by atoms with Gasteiger partial charge in [0, 0.05) is 29.3 Å². The van der Waals surface area contributed by atoms with Crippen molar-refractivity contribution in [2.75, 3.05) is 14.2 Å². The quantitative estimate of drug-likeness (QED) is 0.293. The van der Waals surface area contributed by atoms with Crippen molar-refractivity contribution in [2.45, 2.75) is 51.9 Å². The maximum atomic E-state index is 14.9. The molecule has 3 aromatic carbocycles. The minimum absolute atomic E-state index is 0.169. The fourth-order valence-corrected chi connectivity index (χ4v) is 4.37. The zero-order chi connectivity index (χ0) is 28.9. The van der Waals surface area contributed by atoms with Gasteiger partial charge in [-0.15, -0.1) is 5.10 Å². The number of hydrogen-bond donors (Lipinski definition) is 1. The van der Waals surface area contributed by atoms with Crippen molar-refractivity contribution >= 4 is 22.8 Å². The van der Waals surface area contributed by atoms with Crippen LogP contribution >= 0.6 is 0 Å². The summed E-state index contributed by atoms with van der Waals surface area (Å²) in [5.74, 6) is -0.489. The molecule has 0 saturated heterocycles. The van der Waals surface area contributed by atoms with E-state index in [0.717, 1.165) is 0 Å². The molecule has 0 aliphatic carbocycles. The second-order valence-corrected chi connectivity index (χ2v) is 10.1. The van der Waals surface area contributed by atoms with Crippen molar-refractivity contribution in [2.24, 2.45) is 0 Å². The third-order valence-corrected chi connectivity index (χ3v) is 6.96. The van der Waals surface area contributed by atoms with Crippen molar-refractivity contribution in [1.29, 1.82) is 0 Å². The van der Waals surface area contributed by atoms with Crippen LogP contribution in [-0.2, 0) is 22.7 Å². The van der Waals surface area contributed by atoms with E-state index in [1.807, 2.05) is 39.0 Å². The highest BCUT2D eigenvalue weighted by Gasteiger charge is 2.36. The summed E-state index contributed by atoms with van der Waals surface area (Å²) in [5, 5.41) is 11.4. The third-order valence-electron chi connectivity index (χ3n) is 6.96. The molecular formula is C30H34FN5O4. The van der Waals surface area contributed by atoms with Crippen LogP contribution in [0.2, 0.25) is 0 Å². The first-order valence-corrected chi connectivity index (χ1v) is 13.0. The van der Waals surface area contributed by atoms with E-state index in [9.17, 15) is 14.0 Å². The minimum Gasteiger partial charge on any atom is -0.497 e. The Bertz CT molecular complexity index is 1500. The van der Waals surface area contributed by atoms with Gasteiger partial charge in [0.25, 0.3) is 0 Å². The lowest BCUT2D eigenvalue weighted by Crippen LogP contribution is -2.50. The number of benzene rings is 3. The number of para-hydroxylation sites is 1. The van der Waals surface area contributed by atoms with E-state index in [0.29, 0.717) is 34.5 Å². The molecule has 1 heterocycles. The van der Waals surface area contributed by atoms with Gasteiger partial charge in [0.15, 0.2) is 0 Å².